The molecule has 0 atom stereocenters. The number of nitrogens with zero attached hydrogens (tertiary/aromatic N) is 3. The second kappa shape index (κ2) is 5.40. The number of hydrogen-bond acceptors (Lipinski definition) is 6. The fraction of sp³-hybridized carbons (Fsp3) is 0.333. The predicted octanol–water partition coefficient (Wildman–Crippen LogP) is 2.66. The molecule has 1 aliphatic carbocycles. The number of aromatic hydroxyl groups is 1. The minimum absolute atomic E-state index is 0.244. The molecular weight excluding hydrogens is 302 g/mol. The average Bonchev–Trinajstić information content (AvgIpc) is 2.55. The highest BCUT2D eigenvalue weighted by Gasteiger charge is 2.43. The lowest BCUT2D eigenvalue weighted by Gasteiger charge is -2.46. The minimum atomic E-state index is -0.478. The molecule has 1 fully saturated rings. The topological polar surface area (TPSA) is 100 Å². The van der Waals surface area contributed by atoms with E-state index in [1.165, 1.54) is 6.42 Å². The van der Waals surface area contributed by atoms with Gasteiger partial charge in [-0.1, -0.05) is 30.7 Å². The van der Waals surface area contributed by atoms with Gasteiger partial charge in [0.15, 0.2) is 0 Å². The summed E-state index contributed by atoms with van der Waals surface area (Å²) in [5.74, 6) is 0.858. The van der Waals surface area contributed by atoms with Gasteiger partial charge in [0.2, 0.25) is 11.9 Å². The molecule has 124 valence electrons. The summed E-state index contributed by atoms with van der Waals surface area (Å²) in [5, 5.41) is 11.9. The number of nitrogens with two attached hydrogens (primary N) is 2. The van der Waals surface area contributed by atoms with Crippen molar-refractivity contribution < 1.29 is 5.11 Å². The Bertz CT molecular complexity index is 852. The van der Waals surface area contributed by atoms with Gasteiger partial charge < -0.3 is 16.6 Å². The summed E-state index contributed by atoms with van der Waals surface area (Å²) in [7, 11) is 0. The monoisotopic (exact) mass is 323 g/mol. The van der Waals surface area contributed by atoms with E-state index in [9.17, 15) is 5.11 Å². The summed E-state index contributed by atoms with van der Waals surface area (Å²) >= 11 is 0. The van der Waals surface area contributed by atoms with Crippen LogP contribution < -0.4 is 16.4 Å². The van der Waals surface area contributed by atoms with Crippen LogP contribution in [-0.4, -0.2) is 22.7 Å². The molecule has 6 heteroatoms. The zero-order valence-corrected chi connectivity index (χ0v) is 13.4. The molecule has 0 saturated heterocycles. The molecule has 6 nitrogen and oxygen atoms in total. The first kappa shape index (κ1) is 14.8. The molecule has 0 unspecified atom stereocenters. The van der Waals surface area contributed by atoms with Crippen molar-refractivity contribution >= 4 is 28.4 Å². The predicted molar refractivity (Wildman–Crippen MR) is 97.2 cm³/mol. The summed E-state index contributed by atoms with van der Waals surface area (Å²) in [6.07, 6.45) is 5.13. The highest BCUT2D eigenvalue weighted by molar-refractivity contribution is 6.10. The van der Waals surface area contributed by atoms with Gasteiger partial charge in [0.05, 0.1) is 5.69 Å². The van der Waals surface area contributed by atoms with Gasteiger partial charge in [-0.3, -0.25) is 4.90 Å². The number of guanidine groups is 2. The summed E-state index contributed by atoms with van der Waals surface area (Å²) < 4.78 is 0. The Hall–Kier alpha value is -2.76. The lowest BCUT2D eigenvalue weighted by atomic mass is 9.87. The van der Waals surface area contributed by atoms with Crippen molar-refractivity contribution in [1.29, 1.82) is 0 Å². The van der Waals surface area contributed by atoms with Gasteiger partial charge in [0.25, 0.3) is 0 Å². The zero-order valence-electron chi connectivity index (χ0n) is 13.4. The van der Waals surface area contributed by atoms with E-state index < -0.39 is 5.66 Å². The van der Waals surface area contributed by atoms with Crippen LogP contribution in [-0.2, 0) is 0 Å². The molecule has 0 amide bonds. The molecule has 0 radical (unpaired) electrons. The van der Waals surface area contributed by atoms with Crippen molar-refractivity contribution in [2.45, 2.75) is 37.8 Å². The number of benzene rings is 2. The third-order valence-electron chi connectivity index (χ3n) is 4.97. The average molecular weight is 323 g/mol. The fourth-order valence-corrected chi connectivity index (χ4v) is 3.94. The van der Waals surface area contributed by atoms with Crippen LogP contribution in [0.2, 0.25) is 0 Å². The maximum Gasteiger partial charge on any atom is 0.220 e. The maximum absolute atomic E-state index is 10.2. The van der Waals surface area contributed by atoms with Crippen molar-refractivity contribution in [1.82, 2.24) is 0 Å². The van der Waals surface area contributed by atoms with Crippen LogP contribution in [0.25, 0.3) is 10.8 Å². The van der Waals surface area contributed by atoms with Gasteiger partial charge in [-0.2, -0.15) is 4.99 Å². The second-order valence-corrected chi connectivity index (χ2v) is 6.47. The van der Waals surface area contributed by atoms with Crippen LogP contribution in [0.1, 0.15) is 32.1 Å². The Morgan fingerprint density at radius 2 is 1.67 bits per heavy atom. The molecule has 1 aliphatic heterocycles. The van der Waals surface area contributed by atoms with E-state index in [0.717, 1.165) is 42.1 Å². The lowest BCUT2D eigenvalue weighted by Crippen LogP contribution is -2.58. The van der Waals surface area contributed by atoms with E-state index in [1.807, 2.05) is 35.2 Å². The van der Waals surface area contributed by atoms with E-state index in [2.05, 4.69) is 4.99 Å². The summed E-state index contributed by atoms with van der Waals surface area (Å²) in [6, 6.07) is 11.3. The van der Waals surface area contributed by atoms with Gasteiger partial charge >= 0.3 is 0 Å². The van der Waals surface area contributed by atoms with Crippen molar-refractivity contribution in [3.8, 4) is 5.75 Å². The molecule has 24 heavy (non-hydrogen) atoms. The zero-order chi connectivity index (χ0) is 16.7. The SMILES string of the molecule is NC1=NC2(CCCCC2)N(c2cccc3c(O)cccc23)C(N)=N1. The fourth-order valence-electron chi connectivity index (χ4n) is 3.94. The molecule has 5 N–H and O–H groups in total. The molecule has 2 aliphatic rings. The van der Waals surface area contributed by atoms with Gasteiger partial charge in [-0.15, -0.1) is 0 Å². The molecule has 2 aromatic carbocycles. The second-order valence-electron chi connectivity index (χ2n) is 6.47. The first-order valence-corrected chi connectivity index (χ1v) is 8.31. The summed E-state index contributed by atoms with van der Waals surface area (Å²) in [4.78, 5) is 10.9. The molecule has 4 rings (SSSR count). The van der Waals surface area contributed by atoms with Crippen molar-refractivity contribution in [3.63, 3.8) is 0 Å². The van der Waals surface area contributed by atoms with Gasteiger partial charge in [-0.05, 0) is 37.8 Å². The standard InChI is InChI=1S/C18H21N5O/c19-16-21-17(20)23(18(22-16)10-2-1-3-11-18)14-8-4-7-13-12(14)6-5-9-15(13)24/h4-9,24H,1-3,10-11H2,(H4,19,20,21,22). The van der Waals surface area contributed by atoms with Crippen LogP contribution in [0.15, 0.2) is 46.4 Å². The largest absolute Gasteiger partial charge is 0.507 e. The number of hydrogen-bond donors (Lipinski definition) is 3. The van der Waals surface area contributed by atoms with Gasteiger partial charge in [-0.25, -0.2) is 4.99 Å². The van der Waals surface area contributed by atoms with Crippen LogP contribution in [0.3, 0.4) is 0 Å². The van der Waals surface area contributed by atoms with Crippen molar-refractivity contribution in [2.75, 3.05) is 4.90 Å². The van der Waals surface area contributed by atoms with Crippen molar-refractivity contribution in [2.24, 2.45) is 21.5 Å². The van der Waals surface area contributed by atoms with E-state index in [1.54, 1.807) is 6.07 Å². The molecule has 2 aromatic rings. The van der Waals surface area contributed by atoms with Crippen LogP contribution in [0.5, 0.6) is 5.75 Å². The van der Waals surface area contributed by atoms with Gasteiger partial charge in [0, 0.05) is 10.8 Å². The van der Waals surface area contributed by atoms with Gasteiger partial charge in [0.1, 0.15) is 11.4 Å². The highest BCUT2D eigenvalue weighted by Crippen LogP contribution is 2.42. The number of phenolic OH excluding ortho intramolecular Hbond substituents is 1. The number of aliphatic imine (C=N–C) groups is 2. The van der Waals surface area contributed by atoms with E-state index in [-0.39, 0.29) is 11.7 Å². The smallest absolute Gasteiger partial charge is 0.220 e. The maximum atomic E-state index is 10.2. The van der Waals surface area contributed by atoms with Crippen LogP contribution in [0, 0.1) is 0 Å². The molecule has 1 spiro atoms. The number of phenols is 1. The van der Waals surface area contributed by atoms with Crippen LogP contribution in [0.4, 0.5) is 5.69 Å². The lowest BCUT2D eigenvalue weighted by molar-refractivity contribution is 0.306. The van der Waals surface area contributed by atoms with Crippen LogP contribution >= 0.6 is 0 Å². The molecule has 1 saturated carbocycles. The van der Waals surface area contributed by atoms with E-state index >= 15 is 0 Å². The Kier molecular flexibility index (Phi) is 3.33. The number of rotatable bonds is 1. The van der Waals surface area contributed by atoms with Crippen molar-refractivity contribution in [3.05, 3.63) is 36.4 Å². The summed E-state index contributed by atoms with van der Waals surface area (Å²) in [6.45, 7) is 0. The molecule has 1 heterocycles. The Morgan fingerprint density at radius 1 is 0.958 bits per heavy atom. The first-order chi connectivity index (χ1) is 11.6. The third kappa shape index (κ3) is 2.18. The Morgan fingerprint density at radius 3 is 2.46 bits per heavy atom. The Balaban J connectivity index is 1.94. The minimum Gasteiger partial charge on any atom is -0.507 e. The third-order valence-corrected chi connectivity index (χ3v) is 4.97. The van der Waals surface area contributed by atoms with E-state index in [0.29, 0.717) is 5.96 Å². The highest BCUT2D eigenvalue weighted by atomic mass is 16.3. The molecule has 0 aromatic heterocycles. The normalized spacial score (nSPS) is 20.1. The van der Waals surface area contributed by atoms with E-state index in [4.69, 9.17) is 16.5 Å². The molecule has 0 bridgehead atoms. The number of fused-ring (bicyclic) bond motifs is 1. The quantitative estimate of drug-likeness (QED) is 0.751. The Labute approximate surface area is 140 Å². The molecular formula is C18H21N5O. The first-order valence-electron chi connectivity index (χ1n) is 8.31. The summed E-state index contributed by atoms with van der Waals surface area (Å²) in [5.41, 5.74) is 12.6. The number of anilines is 1.